The lowest BCUT2D eigenvalue weighted by Gasteiger charge is -2.43. The molecule has 0 spiro atoms. The van der Waals surface area contributed by atoms with Gasteiger partial charge in [-0.25, -0.2) is 0 Å². The second kappa shape index (κ2) is 8.96. The number of benzene rings is 2. The van der Waals surface area contributed by atoms with Crippen molar-refractivity contribution in [1.82, 2.24) is 15.5 Å². The van der Waals surface area contributed by atoms with E-state index >= 15 is 0 Å². The lowest BCUT2D eigenvalue weighted by molar-refractivity contribution is 0.197. The predicted molar refractivity (Wildman–Crippen MR) is 135 cm³/mol. The van der Waals surface area contributed by atoms with Crippen LogP contribution in [-0.2, 0) is 11.9 Å². The van der Waals surface area contributed by atoms with Crippen molar-refractivity contribution in [2.45, 2.75) is 42.4 Å². The van der Waals surface area contributed by atoms with Crippen LogP contribution in [0.1, 0.15) is 30.5 Å². The van der Waals surface area contributed by atoms with Crippen molar-refractivity contribution in [3.63, 3.8) is 0 Å². The van der Waals surface area contributed by atoms with Crippen molar-refractivity contribution < 1.29 is 14.4 Å². The second-order valence-electron chi connectivity index (χ2n) is 9.11. The van der Waals surface area contributed by atoms with Gasteiger partial charge in [0.25, 0.3) is 5.89 Å². The topological polar surface area (TPSA) is 104 Å². The SMILES string of the molecule is [B]C([B])(O)CN[C@]1([B])c2cccc(-c3noc(-c4ccc(OC(C)C)c(C#N)c4)n3)c2CC1([B])[B]. The minimum atomic E-state index is -2.01. The van der Waals surface area contributed by atoms with E-state index in [2.05, 4.69) is 21.5 Å². The average molecular weight is 453 g/mol. The summed E-state index contributed by atoms with van der Waals surface area (Å²) in [5.41, 5.74) is 1.42. The maximum absolute atomic E-state index is 9.75. The zero-order chi connectivity index (χ0) is 25.6. The average Bonchev–Trinajstić information content (AvgIpc) is 3.33. The molecule has 0 saturated carbocycles. The third kappa shape index (κ3) is 4.80. The molecule has 1 aromatic heterocycles. The molecular weight excluding hydrogens is 434 g/mol. The summed E-state index contributed by atoms with van der Waals surface area (Å²) >= 11 is 0. The summed E-state index contributed by atoms with van der Waals surface area (Å²) in [6.07, 6.45) is 0.104. The molecule has 0 fully saturated rings. The number of aliphatic hydroxyl groups is 1. The van der Waals surface area contributed by atoms with Crippen LogP contribution in [0.15, 0.2) is 40.9 Å². The minimum Gasteiger partial charge on any atom is -0.490 e. The van der Waals surface area contributed by atoms with Crippen LogP contribution in [-0.4, -0.2) is 72.5 Å². The number of rotatable bonds is 7. The maximum Gasteiger partial charge on any atom is 0.258 e. The van der Waals surface area contributed by atoms with Crippen LogP contribution in [0.3, 0.4) is 0 Å². The van der Waals surface area contributed by atoms with Gasteiger partial charge in [0, 0.05) is 17.7 Å². The van der Waals surface area contributed by atoms with Gasteiger partial charge in [0.1, 0.15) is 35.4 Å². The highest BCUT2D eigenvalue weighted by molar-refractivity contribution is 6.46. The highest BCUT2D eigenvalue weighted by atomic mass is 16.5. The van der Waals surface area contributed by atoms with Crippen molar-refractivity contribution >= 4 is 39.2 Å². The van der Waals surface area contributed by atoms with Crippen molar-refractivity contribution in [2.75, 3.05) is 6.54 Å². The van der Waals surface area contributed by atoms with Gasteiger partial charge in [-0.1, -0.05) is 28.6 Å². The van der Waals surface area contributed by atoms with Crippen molar-refractivity contribution in [3.05, 3.63) is 53.1 Å². The van der Waals surface area contributed by atoms with E-state index in [4.69, 9.17) is 48.5 Å². The number of nitrogens with zero attached hydrogens (tertiary/aromatic N) is 3. The molecule has 3 aromatic rings. The highest BCUT2D eigenvalue weighted by Gasteiger charge is 2.48. The lowest BCUT2D eigenvalue weighted by atomic mass is 9.40. The summed E-state index contributed by atoms with van der Waals surface area (Å²) < 4.78 is 11.2. The molecule has 2 N–H and O–H groups in total. The van der Waals surface area contributed by atoms with E-state index < -0.39 is 16.1 Å². The Morgan fingerprint density at radius 1 is 1.26 bits per heavy atom. The number of aromatic nitrogens is 2. The lowest BCUT2D eigenvalue weighted by Crippen LogP contribution is -2.56. The maximum atomic E-state index is 9.75. The second-order valence-corrected chi connectivity index (χ2v) is 9.11. The molecule has 0 amide bonds. The van der Waals surface area contributed by atoms with Gasteiger partial charge < -0.3 is 19.7 Å². The van der Waals surface area contributed by atoms with Gasteiger partial charge in [0.2, 0.25) is 5.82 Å². The van der Waals surface area contributed by atoms with Crippen molar-refractivity contribution in [3.8, 4) is 34.7 Å². The van der Waals surface area contributed by atoms with Gasteiger partial charge in [0.05, 0.1) is 27.4 Å². The van der Waals surface area contributed by atoms with E-state index in [9.17, 15) is 10.4 Å². The molecule has 12 heteroatoms. The molecular formula is C23H19B5N4O3. The summed E-state index contributed by atoms with van der Waals surface area (Å²) in [5.74, 6) is 0.998. The van der Waals surface area contributed by atoms with E-state index in [-0.39, 0.29) is 25.0 Å². The molecule has 7 nitrogen and oxygen atoms in total. The van der Waals surface area contributed by atoms with E-state index in [0.29, 0.717) is 33.8 Å². The molecule has 0 saturated heterocycles. The molecule has 1 aliphatic rings. The molecule has 1 heterocycles. The first-order valence-electron chi connectivity index (χ1n) is 10.9. The summed E-state index contributed by atoms with van der Waals surface area (Å²) in [4.78, 5) is 4.52. The Bertz CT molecular complexity index is 1300. The number of hydrogen-bond acceptors (Lipinski definition) is 7. The van der Waals surface area contributed by atoms with Crippen molar-refractivity contribution in [2.24, 2.45) is 0 Å². The first kappa shape index (κ1) is 25.2. The molecule has 10 radical (unpaired) electrons. The number of nitriles is 1. The fraction of sp³-hybridized carbons (Fsp3) is 0.348. The molecule has 0 unspecified atom stereocenters. The van der Waals surface area contributed by atoms with E-state index in [0.717, 1.165) is 5.56 Å². The Labute approximate surface area is 211 Å². The fourth-order valence-corrected chi connectivity index (χ4v) is 4.14. The molecule has 2 aromatic carbocycles. The summed E-state index contributed by atoms with van der Waals surface area (Å²) in [7, 11) is 30.3. The Morgan fingerprint density at radius 2 is 2.00 bits per heavy atom. The molecule has 0 aliphatic heterocycles. The van der Waals surface area contributed by atoms with Gasteiger partial charge in [-0.3, -0.25) is 0 Å². The number of fused-ring (bicyclic) bond motifs is 1. The van der Waals surface area contributed by atoms with E-state index in [1.807, 2.05) is 13.8 Å². The molecule has 1 atom stereocenters. The van der Waals surface area contributed by atoms with Crippen LogP contribution in [0.2, 0.25) is 5.21 Å². The predicted octanol–water partition coefficient (Wildman–Crippen LogP) is 0.966. The monoisotopic (exact) mass is 454 g/mol. The third-order valence-corrected chi connectivity index (χ3v) is 5.83. The number of ether oxygens (including phenoxy) is 1. The van der Waals surface area contributed by atoms with Gasteiger partial charge in [-0.2, -0.15) is 10.2 Å². The minimum absolute atomic E-state index is 0.0759. The Balaban J connectivity index is 1.70. The largest absolute Gasteiger partial charge is 0.490 e. The first-order valence-corrected chi connectivity index (χ1v) is 10.9. The Kier molecular flexibility index (Phi) is 6.46. The fourth-order valence-electron chi connectivity index (χ4n) is 4.14. The number of nitrogens with one attached hydrogen (secondary N) is 1. The summed E-state index contributed by atoms with van der Waals surface area (Å²) in [6, 6.07) is 12.5. The first-order chi connectivity index (χ1) is 16.3. The zero-order valence-corrected chi connectivity index (χ0v) is 19.4. The summed E-state index contributed by atoms with van der Waals surface area (Å²) in [5, 5.41) is 22.8. The van der Waals surface area contributed by atoms with Crippen LogP contribution < -0.4 is 10.1 Å². The van der Waals surface area contributed by atoms with Crippen LogP contribution in [0.5, 0.6) is 5.75 Å². The molecule has 164 valence electrons. The van der Waals surface area contributed by atoms with Crippen LogP contribution >= 0.6 is 0 Å². The Morgan fingerprint density at radius 3 is 2.66 bits per heavy atom. The quantitative estimate of drug-likeness (QED) is 0.514. The smallest absolute Gasteiger partial charge is 0.258 e. The molecule has 1 aliphatic carbocycles. The van der Waals surface area contributed by atoms with E-state index in [1.165, 1.54) is 0 Å². The van der Waals surface area contributed by atoms with Crippen molar-refractivity contribution in [1.29, 1.82) is 5.26 Å². The van der Waals surface area contributed by atoms with Gasteiger partial charge in [-0.15, -0.1) is 0 Å². The van der Waals surface area contributed by atoms with Gasteiger partial charge >= 0.3 is 0 Å². The number of hydrogen-bond donors (Lipinski definition) is 2. The highest BCUT2D eigenvalue weighted by Crippen LogP contribution is 2.51. The third-order valence-electron chi connectivity index (χ3n) is 5.83. The summed E-state index contributed by atoms with van der Waals surface area (Å²) in [6.45, 7) is 3.51. The van der Waals surface area contributed by atoms with Gasteiger partial charge in [-0.05, 0) is 60.4 Å². The van der Waals surface area contributed by atoms with Crippen LogP contribution in [0, 0.1) is 11.3 Å². The Hall–Kier alpha value is -2.89. The molecule has 0 bridgehead atoms. The van der Waals surface area contributed by atoms with E-state index in [1.54, 1.807) is 36.4 Å². The van der Waals surface area contributed by atoms with Gasteiger partial charge in [0.15, 0.2) is 0 Å². The normalized spacial score (nSPS) is 18.8. The molecule has 4 rings (SSSR count). The standard InChI is InChI=1S/C23H19B5N4O3/c1-12(2)34-18-7-6-13(8-14(18)10-29)20-31-19(32-35-20)15-4-3-5-17-16(15)9-21(24,25)23(17,28)30-11-22(26,27)33/h3-8,12,30,33H,9,11H2,1-2H3/t23-/m1/s1. The van der Waals surface area contributed by atoms with Crippen LogP contribution in [0.4, 0.5) is 0 Å². The molecule has 35 heavy (non-hydrogen) atoms. The zero-order valence-electron chi connectivity index (χ0n) is 19.4. The van der Waals surface area contributed by atoms with Crippen LogP contribution in [0.25, 0.3) is 22.8 Å².